The van der Waals surface area contributed by atoms with Crippen LogP contribution in [-0.4, -0.2) is 28.0 Å². The van der Waals surface area contributed by atoms with Crippen molar-refractivity contribution >= 4 is 72.4 Å². The monoisotopic (exact) mass is 690 g/mol. The Labute approximate surface area is 307 Å². The summed E-state index contributed by atoms with van der Waals surface area (Å²) in [7, 11) is -2.83. The number of pyridine rings is 4. The standard InChI is InChI=1S/C48H30N4Si/c1-3-11-37(12-4-1)53(38-13-5-2-6-14-38)43-29-35(41-25-21-33-17-15-31-9-7-27-49-45(31)47(33)51-41)19-23-39(43)40-24-20-36(30-44(40)53)42-26-22-34-18-16-32-10-8-28-50-46(32)48(34)52-42/h1-30H. The van der Waals surface area contributed by atoms with Crippen LogP contribution in [0.25, 0.3) is 77.3 Å². The van der Waals surface area contributed by atoms with Crippen molar-refractivity contribution in [2.75, 3.05) is 0 Å². The van der Waals surface area contributed by atoms with Gasteiger partial charge in [-0.05, 0) is 56.1 Å². The molecule has 0 saturated heterocycles. The van der Waals surface area contributed by atoms with E-state index >= 15 is 0 Å². The molecule has 1 aliphatic rings. The number of aromatic nitrogens is 4. The maximum atomic E-state index is 5.28. The molecule has 0 unspecified atom stereocenters. The Morgan fingerprint density at radius 3 is 1.21 bits per heavy atom. The highest BCUT2D eigenvalue weighted by Gasteiger charge is 2.49. The zero-order chi connectivity index (χ0) is 34.9. The van der Waals surface area contributed by atoms with E-state index in [9.17, 15) is 0 Å². The summed E-state index contributed by atoms with van der Waals surface area (Å²) in [4.78, 5) is 20.0. The average molecular weight is 691 g/mol. The second-order valence-corrected chi connectivity index (χ2v) is 17.6. The fourth-order valence-corrected chi connectivity index (χ4v) is 13.8. The molecule has 5 heterocycles. The summed E-state index contributed by atoms with van der Waals surface area (Å²) in [5.41, 5.74) is 10.4. The summed E-state index contributed by atoms with van der Waals surface area (Å²) in [5.74, 6) is 0. The predicted octanol–water partition coefficient (Wildman–Crippen LogP) is 8.57. The van der Waals surface area contributed by atoms with E-state index < -0.39 is 8.07 Å². The molecule has 0 atom stereocenters. The van der Waals surface area contributed by atoms with Gasteiger partial charge in [-0.1, -0.05) is 146 Å². The quantitative estimate of drug-likeness (QED) is 0.137. The van der Waals surface area contributed by atoms with Gasteiger partial charge in [0.1, 0.15) is 0 Å². The summed E-state index contributed by atoms with van der Waals surface area (Å²) in [6.07, 6.45) is 3.70. The average Bonchev–Trinajstić information content (AvgIpc) is 3.53. The lowest BCUT2D eigenvalue weighted by atomic mass is 10.00. The predicted molar refractivity (Wildman–Crippen MR) is 221 cm³/mol. The number of hydrogen-bond acceptors (Lipinski definition) is 4. The fraction of sp³-hybridized carbons (Fsp3) is 0. The second-order valence-electron chi connectivity index (χ2n) is 13.8. The normalized spacial score (nSPS) is 13.1. The molecular weight excluding hydrogens is 661 g/mol. The highest BCUT2D eigenvalue weighted by Crippen LogP contribution is 2.35. The molecule has 0 saturated carbocycles. The van der Waals surface area contributed by atoms with Crippen molar-refractivity contribution in [1.29, 1.82) is 0 Å². The van der Waals surface area contributed by atoms with Crippen LogP contribution < -0.4 is 20.7 Å². The smallest absolute Gasteiger partial charge is 0.180 e. The van der Waals surface area contributed by atoms with Crippen LogP contribution >= 0.6 is 0 Å². The van der Waals surface area contributed by atoms with Gasteiger partial charge in [-0.2, -0.15) is 0 Å². The van der Waals surface area contributed by atoms with E-state index in [0.717, 1.165) is 66.1 Å². The fourth-order valence-electron chi connectivity index (χ4n) is 8.58. The van der Waals surface area contributed by atoms with E-state index in [1.807, 2.05) is 24.5 Å². The van der Waals surface area contributed by atoms with Crippen LogP contribution in [0, 0.1) is 0 Å². The lowest BCUT2D eigenvalue weighted by Gasteiger charge is -2.31. The highest BCUT2D eigenvalue weighted by molar-refractivity contribution is 7.22. The molecule has 10 aromatic rings. The molecule has 0 radical (unpaired) electrons. The van der Waals surface area contributed by atoms with Gasteiger partial charge in [0.2, 0.25) is 0 Å². The lowest BCUT2D eigenvalue weighted by Crippen LogP contribution is -2.72. The molecular formula is C48H30N4Si. The maximum Gasteiger partial charge on any atom is 0.180 e. The first-order chi connectivity index (χ1) is 26.3. The van der Waals surface area contributed by atoms with Crippen molar-refractivity contribution in [2.24, 2.45) is 0 Å². The molecule has 11 rings (SSSR count). The molecule has 4 nitrogen and oxygen atoms in total. The first kappa shape index (κ1) is 29.9. The van der Waals surface area contributed by atoms with Crippen molar-refractivity contribution in [3.63, 3.8) is 0 Å². The third kappa shape index (κ3) is 4.48. The van der Waals surface area contributed by atoms with Crippen LogP contribution in [0.3, 0.4) is 0 Å². The number of rotatable bonds is 4. The Hall–Kier alpha value is -6.82. The Balaban J connectivity index is 1.16. The maximum absolute atomic E-state index is 5.28. The first-order valence-electron chi connectivity index (χ1n) is 18.0. The summed E-state index contributed by atoms with van der Waals surface area (Å²) in [6.45, 7) is 0. The minimum Gasteiger partial charge on any atom is -0.254 e. The minimum atomic E-state index is -2.83. The van der Waals surface area contributed by atoms with E-state index in [2.05, 4.69) is 158 Å². The van der Waals surface area contributed by atoms with Crippen LogP contribution in [0.4, 0.5) is 0 Å². The Bertz CT molecular complexity index is 2860. The molecule has 246 valence electrons. The van der Waals surface area contributed by atoms with Crippen molar-refractivity contribution in [3.05, 3.63) is 182 Å². The second kappa shape index (κ2) is 11.6. The van der Waals surface area contributed by atoms with Gasteiger partial charge in [-0.15, -0.1) is 0 Å². The lowest BCUT2D eigenvalue weighted by molar-refractivity contribution is 1.37. The van der Waals surface area contributed by atoms with Crippen LogP contribution in [0.15, 0.2) is 182 Å². The molecule has 6 aromatic carbocycles. The largest absolute Gasteiger partial charge is 0.254 e. The van der Waals surface area contributed by atoms with Crippen molar-refractivity contribution in [2.45, 2.75) is 0 Å². The molecule has 0 aliphatic carbocycles. The number of benzene rings is 6. The van der Waals surface area contributed by atoms with Crippen molar-refractivity contribution in [1.82, 2.24) is 19.9 Å². The van der Waals surface area contributed by atoms with E-state index in [1.165, 1.54) is 31.9 Å². The van der Waals surface area contributed by atoms with Gasteiger partial charge in [0, 0.05) is 45.1 Å². The van der Waals surface area contributed by atoms with Gasteiger partial charge < -0.3 is 0 Å². The number of hydrogen-bond donors (Lipinski definition) is 0. The topological polar surface area (TPSA) is 51.6 Å². The Morgan fingerprint density at radius 2 is 0.755 bits per heavy atom. The molecule has 1 aliphatic heterocycles. The van der Waals surface area contributed by atoms with Crippen molar-refractivity contribution < 1.29 is 0 Å². The van der Waals surface area contributed by atoms with Crippen LogP contribution in [0.2, 0.25) is 0 Å². The summed E-state index contributed by atoms with van der Waals surface area (Å²) >= 11 is 0. The van der Waals surface area contributed by atoms with Gasteiger partial charge in [-0.3, -0.25) is 9.97 Å². The zero-order valence-corrected chi connectivity index (χ0v) is 29.6. The zero-order valence-electron chi connectivity index (χ0n) is 28.6. The summed E-state index contributed by atoms with van der Waals surface area (Å²) in [5, 5.41) is 9.81. The number of fused-ring (bicyclic) bond motifs is 9. The van der Waals surface area contributed by atoms with E-state index in [1.54, 1.807) is 0 Å². The molecule has 0 spiro atoms. The van der Waals surface area contributed by atoms with Crippen LogP contribution in [0.1, 0.15) is 0 Å². The van der Waals surface area contributed by atoms with Crippen LogP contribution in [-0.2, 0) is 0 Å². The summed E-state index contributed by atoms with van der Waals surface area (Å²) < 4.78 is 0. The van der Waals surface area contributed by atoms with E-state index in [4.69, 9.17) is 19.9 Å². The molecule has 4 aromatic heterocycles. The van der Waals surface area contributed by atoms with Crippen LogP contribution in [0.5, 0.6) is 0 Å². The molecule has 0 fully saturated rings. The third-order valence-corrected chi connectivity index (χ3v) is 15.8. The summed E-state index contributed by atoms with van der Waals surface area (Å²) in [6, 6.07) is 61.6. The van der Waals surface area contributed by atoms with Gasteiger partial charge in [0.15, 0.2) is 8.07 Å². The highest BCUT2D eigenvalue weighted by atomic mass is 28.3. The number of nitrogens with zero attached hydrogens (tertiary/aromatic N) is 4. The van der Waals surface area contributed by atoms with Gasteiger partial charge in [0.05, 0.1) is 33.5 Å². The Morgan fingerprint density at radius 1 is 0.340 bits per heavy atom. The van der Waals surface area contributed by atoms with E-state index in [-0.39, 0.29) is 0 Å². The van der Waals surface area contributed by atoms with E-state index in [0.29, 0.717) is 0 Å². The van der Waals surface area contributed by atoms with Crippen molar-refractivity contribution in [3.8, 4) is 33.6 Å². The van der Waals surface area contributed by atoms with Gasteiger partial charge in [0.25, 0.3) is 0 Å². The minimum absolute atomic E-state index is 0.925. The van der Waals surface area contributed by atoms with Gasteiger partial charge >= 0.3 is 0 Å². The molecule has 53 heavy (non-hydrogen) atoms. The molecule has 0 amide bonds. The third-order valence-electron chi connectivity index (χ3n) is 11.0. The Kier molecular flexibility index (Phi) is 6.54. The molecule has 0 bridgehead atoms. The SMILES string of the molecule is c1ccc([Si]2(c3ccccc3)c3cc(-c4ccc5ccc6cccnc6c5n4)ccc3-c3ccc(-c4ccc5ccc6cccnc6c5n4)cc32)cc1. The first-order valence-corrected chi connectivity index (χ1v) is 20.0. The molecule has 0 N–H and O–H groups in total. The van der Waals surface area contributed by atoms with Gasteiger partial charge in [-0.25, -0.2) is 9.97 Å². The molecule has 5 heteroatoms.